The molecular weight excluding hydrogens is 316 g/mol. The van der Waals surface area contributed by atoms with Crippen molar-refractivity contribution in [2.24, 2.45) is 11.7 Å². The summed E-state index contributed by atoms with van der Waals surface area (Å²) >= 11 is 0. The van der Waals surface area contributed by atoms with E-state index in [9.17, 15) is 9.59 Å². The Hall–Kier alpha value is -1.46. The van der Waals surface area contributed by atoms with E-state index in [1.165, 1.54) is 19.3 Å². The van der Waals surface area contributed by atoms with Gasteiger partial charge < -0.3 is 20.4 Å². The summed E-state index contributed by atoms with van der Waals surface area (Å²) in [4.78, 5) is 30.7. The molecule has 0 radical (unpaired) electrons. The van der Waals surface area contributed by atoms with Gasteiger partial charge in [-0.15, -0.1) is 0 Å². The molecular formula is C19H34N4O2. The molecule has 3 aliphatic rings. The molecule has 2 aliphatic heterocycles. The summed E-state index contributed by atoms with van der Waals surface area (Å²) in [5.74, 6) is 0.759. The second kappa shape index (κ2) is 8.28. The first-order valence-electron chi connectivity index (χ1n) is 10.2. The monoisotopic (exact) mass is 350 g/mol. The summed E-state index contributed by atoms with van der Waals surface area (Å²) in [7, 11) is 0. The van der Waals surface area contributed by atoms with E-state index in [1.54, 1.807) is 0 Å². The summed E-state index contributed by atoms with van der Waals surface area (Å²) in [6.07, 6.45) is 9.69. The van der Waals surface area contributed by atoms with Gasteiger partial charge in [-0.2, -0.15) is 0 Å². The van der Waals surface area contributed by atoms with Gasteiger partial charge in [0.1, 0.15) is 0 Å². The van der Waals surface area contributed by atoms with Crippen molar-refractivity contribution < 1.29 is 9.59 Å². The highest BCUT2D eigenvalue weighted by atomic mass is 16.2. The van der Waals surface area contributed by atoms with Gasteiger partial charge in [-0.05, 0) is 63.7 Å². The molecule has 0 aromatic carbocycles. The zero-order valence-electron chi connectivity index (χ0n) is 15.7. The largest absolute Gasteiger partial charge is 0.351 e. The van der Waals surface area contributed by atoms with Crippen LogP contribution in [0, 0.1) is 5.92 Å². The fraction of sp³-hybridized carbons (Fsp3) is 0.895. The Labute approximate surface area is 151 Å². The zero-order valence-corrected chi connectivity index (χ0v) is 15.7. The van der Waals surface area contributed by atoms with Crippen LogP contribution >= 0.6 is 0 Å². The Bertz CT molecular complexity index is 462. The molecule has 2 saturated heterocycles. The fourth-order valence-electron chi connectivity index (χ4n) is 4.80. The van der Waals surface area contributed by atoms with Crippen LogP contribution in [-0.2, 0) is 0 Å². The van der Waals surface area contributed by atoms with Gasteiger partial charge in [0, 0.05) is 38.3 Å². The predicted octanol–water partition coefficient (Wildman–Crippen LogP) is 3.02. The molecule has 6 heteroatoms. The maximum Gasteiger partial charge on any atom is 0.319 e. The van der Waals surface area contributed by atoms with Crippen LogP contribution < -0.4 is 5.73 Å². The SMILES string of the molecule is CC1CCC(N(C(N)=O)C2CCN(C(=O)N3CCCCC3)CC2)CC1. The quantitative estimate of drug-likeness (QED) is 0.831. The van der Waals surface area contributed by atoms with Crippen LogP contribution in [0.1, 0.15) is 64.7 Å². The normalized spacial score (nSPS) is 28.7. The molecule has 0 spiro atoms. The number of carbonyl (C=O) groups is 2. The third-order valence-electron chi connectivity index (χ3n) is 6.39. The number of piperidine rings is 2. The number of hydrogen-bond acceptors (Lipinski definition) is 2. The van der Waals surface area contributed by atoms with Gasteiger partial charge in [0.25, 0.3) is 0 Å². The van der Waals surface area contributed by atoms with Gasteiger partial charge in [-0.25, -0.2) is 9.59 Å². The van der Waals surface area contributed by atoms with Crippen molar-refractivity contribution in [3.05, 3.63) is 0 Å². The van der Waals surface area contributed by atoms with Gasteiger partial charge in [0.15, 0.2) is 0 Å². The number of nitrogens with zero attached hydrogens (tertiary/aromatic N) is 3. The number of primary amides is 1. The van der Waals surface area contributed by atoms with Crippen LogP contribution in [0.5, 0.6) is 0 Å². The Morgan fingerprint density at radius 3 is 1.88 bits per heavy atom. The lowest BCUT2D eigenvalue weighted by Crippen LogP contribution is -2.56. The van der Waals surface area contributed by atoms with Crippen molar-refractivity contribution in [1.29, 1.82) is 0 Å². The minimum atomic E-state index is -0.277. The number of likely N-dealkylation sites (tertiary alicyclic amines) is 2. The van der Waals surface area contributed by atoms with Gasteiger partial charge in [-0.1, -0.05) is 6.92 Å². The number of urea groups is 2. The minimum absolute atomic E-state index is 0.190. The topological polar surface area (TPSA) is 69.9 Å². The summed E-state index contributed by atoms with van der Waals surface area (Å²) < 4.78 is 0. The second-order valence-corrected chi connectivity index (χ2v) is 8.21. The summed E-state index contributed by atoms with van der Waals surface area (Å²) in [5.41, 5.74) is 5.74. The van der Waals surface area contributed by atoms with Crippen LogP contribution in [-0.4, -0.2) is 65.0 Å². The number of rotatable bonds is 2. The molecule has 1 aliphatic carbocycles. The lowest BCUT2D eigenvalue weighted by Gasteiger charge is -2.44. The Balaban J connectivity index is 1.54. The average Bonchev–Trinajstić information content (AvgIpc) is 2.64. The highest BCUT2D eigenvalue weighted by molar-refractivity contribution is 5.75. The molecule has 142 valence electrons. The van der Waals surface area contributed by atoms with Gasteiger partial charge >= 0.3 is 12.1 Å². The van der Waals surface area contributed by atoms with Gasteiger partial charge in [0.05, 0.1) is 0 Å². The maximum atomic E-state index is 12.6. The smallest absolute Gasteiger partial charge is 0.319 e. The third kappa shape index (κ3) is 4.39. The van der Waals surface area contributed by atoms with Crippen molar-refractivity contribution in [3.63, 3.8) is 0 Å². The van der Waals surface area contributed by atoms with Gasteiger partial charge in [0.2, 0.25) is 0 Å². The molecule has 4 amide bonds. The highest BCUT2D eigenvalue weighted by Crippen LogP contribution is 2.30. The van der Waals surface area contributed by atoms with E-state index in [0.717, 1.165) is 70.6 Å². The standard InChI is InChI=1S/C19H34N4O2/c1-15-5-7-16(8-6-15)23(18(20)24)17-9-13-22(14-10-17)19(25)21-11-3-2-4-12-21/h15-17H,2-14H2,1H3,(H2,20,24). The first-order chi connectivity index (χ1) is 12.1. The van der Waals surface area contributed by atoms with Crippen LogP contribution in [0.4, 0.5) is 9.59 Å². The highest BCUT2D eigenvalue weighted by Gasteiger charge is 2.35. The lowest BCUT2D eigenvalue weighted by molar-refractivity contribution is 0.0777. The van der Waals surface area contributed by atoms with Crippen molar-refractivity contribution in [2.75, 3.05) is 26.2 Å². The molecule has 3 fully saturated rings. The minimum Gasteiger partial charge on any atom is -0.351 e. The lowest BCUT2D eigenvalue weighted by atomic mass is 9.85. The second-order valence-electron chi connectivity index (χ2n) is 8.21. The molecule has 0 unspecified atom stereocenters. The summed E-state index contributed by atoms with van der Waals surface area (Å²) in [5, 5.41) is 0. The molecule has 0 aromatic heterocycles. The molecule has 1 saturated carbocycles. The molecule has 6 nitrogen and oxygen atoms in total. The molecule has 3 rings (SSSR count). The average molecular weight is 351 g/mol. The van der Waals surface area contributed by atoms with E-state index in [2.05, 4.69) is 6.92 Å². The fourth-order valence-corrected chi connectivity index (χ4v) is 4.80. The van der Waals surface area contributed by atoms with Crippen molar-refractivity contribution in [2.45, 2.75) is 76.8 Å². The third-order valence-corrected chi connectivity index (χ3v) is 6.39. The number of carbonyl (C=O) groups excluding carboxylic acids is 2. The van der Waals surface area contributed by atoms with Crippen LogP contribution in [0.15, 0.2) is 0 Å². The summed E-state index contributed by atoms with van der Waals surface area (Å²) in [6, 6.07) is 0.403. The molecule has 2 N–H and O–H groups in total. The Morgan fingerprint density at radius 1 is 0.800 bits per heavy atom. The van der Waals surface area contributed by atoms with Crippen molar-refractivity contribution in [1.82, 2.24) is 14.7 Å². The Kier molecular flexibility index (Phi) is 6.07. The number of nitrogens with two attached hydrogens (primary N) is 1. The molecule has 25 heavy (non-hydrogen) atoms. The van der Waals surface area contributed by atoms with Crippen LogP contribution in [0.2, 0.25) is 0 Å². The van der Waals surface area contributed by atoms with E-state index in [0.29, 0.717) is 6.04 Å². The Morgan fingerprint density at radius 2 is 1.32 bits per heavy atom. The van der Waals surface area contributed by atoms with E-state index in [1.807, 2.05) is 14.7 Å². The summed E-state index contributed by atoms with van der Waals surface area (Å²) in [6.45, 7) is 5.56. The molecule has 0 atom stereocenters. The van der Waals surface area contributed by atoms with E-state index in [4.69, 9.17) is 5.73 Å². The molecule has 0 bridgehead atoms. The first-order valence-corrected chi connectivity index (χ1v) is 10.2. The van der Waals surface area contributed by atoms with Crippen LogP contribution in [0.25, 0.3) is 0 Å². The van der Waals surface area contributed by atoms with E-state index < -0.39 is 0 Å². The van der Waals surface area contributed by atoms with Crippen molar-refractivity contribution >= 4 is 12.1 Å². The zero-order chi connectivity index (χ0) is 17.8. The molecule has 2 heterocycles. The maximum absolute atomic E-state index is 12.6. The predicted molar refractivity (Wildman–Crippen MR) is 98.3 cm³/mol. The first kappa shape index (κ1) is 18.3. The van der Waals surface area contributed by atoms with E-state index >= 15 is 0 Å². The van der Waals surface area contributed by atoms with E-state index in [-0.39, 0.29) is 18.1 Å². The molecule has 0 aromatic rings. The number of amides is 4. The van der Waals surface area contributed by atoms with Crippen molar-refractivity contribution in [3.8, 4) is 0 Å². The number of hydrogen-bond donors (Lipinski definition) is 1. The van der Waals surface area contributed by atoms with Gasteiger partial charge in [-0.3, -0.25) is 0 Å². The van der Waals surface area contributed by atoms with Crippen LogP contribution in [0.3, 0.4) is 0 Å².